The molecule has 0 rings (SSSR count). The van der Waals surface area contributed by atoms with Gasteiger partial charge in [-0.05, 0) is 19.3 Å². The predicted octanol–water partition coefficient (Wildman–Crippen LogP) is -5.36. The molecule has 4 unspecified atom stereocenters. The van der Waals surface area contributed by atoms with E-state index in [1.165, 1.54) is 0 Å². The largest absolute Gasteiger partial charge is 0.481 e. The zero-order valence-electron chi connectivity index (χ0n) is 18.8. The van der Waals surface area contributed by atoms with Crippen LogP contribution in [0.5, 0.6) is 0 Å². The average molecular weight is 505 g/mol. The number of aliphatic hydroxyl groups is 1. The summed E-state index contributed by atoms with van der Waals surface area (Å²) in [5.74, 6) is -6.83. The second kappa shape index (κ2) is 15.8. The van der Waals surface area contributed by atoms with Crippen molar-refractivity contribution < 1.29 is 44.1 Å². The second-order valence-electron chi connectivity index (χ2n) is 7.36. The van der Waals surface area contributed by atoms with E-state index in [1.807, 2.05) is 0 Å². The van der Waals surface area contributed by atoms with Crippen molar-refractivity contribution in [3.63, 3.8) is 0 Å². The van der Waals surface area contributed by atoms with E-state index >= 15 is 0 Å². The highest BCUT2D eigenvalue weighted by molar-refractivity contribution is 5.95. The number of carboxylic acid groups (broad SMARTS) is 2. The summed E-state index contributed by atoms with van der Waals surface area (Å²) in [6, 6.07) is -5.95. The lowest BCUT2D eigenvalue weighted by atomic mass is 10.1. The number of aliphatic imine (C=N–C) groups is 1. The number of hydrogen-bond donors (Lipinski definition) is 10. The van der Waals surface area contributed by atoms with Crippen LogP contribution in [0, 0.1) is 0 Å². The maximum absolute atomic E-state index is 12.8. The molecular weight excluding hydrogens is 472 g/mol. The van der Waals surface area contributed by atoms with Gasteiger partial charge in [0.2, 0.25) is 23.6 Å². The van der Waals surface area contributed by atoms with Gasteiger partial charge in [-0.1, -0.05) is 0 Å². The minimum Gasteiger partial charge on any atom is -0.481 e. The molecular formula is C18H32N8O9. The fourth-order valence-corrected chi connectivity index (χ4v) is 2.62. The van der Waals surface area contributed by atoms with Crippen LogP contribution in [0.2, 0.25) is 0 Å². The first-order valence-electron chi connectivity index (χ1n) is 10.3. The van der Waals surface area contributed by atoms with E-state index in [1.54, 1.807) is 0 Å². The molecule has 0 aliphatic rings. The van der Waals surface area contributed by atoms with Crippen molar-refractivity contribution in [1.82, 2.24) is 16.0 Å². The molecule has 4 amide bonds. The lowest BCUT2D eigenvalue weighted by Gasteiger charge is -2.24. The molecule has 0 fully saturated rings. The molecule has 0 aromatic rings. The Bertz CT molecular complexity index is 816. The molecule has 0 heterocycles. The summed E-state index contributed by atoms with van der Waals surface area (Å²) in [7, 11) is 0. The number of guanidine groups is 1. The Morgan fingerprint density at radius 2 is 1.31 bits per heavy atom. The zero-order chi connectivity index (χ0) is 27.1. The lowest BCUT2D eigenvalue weighted by molar-refractivity contribution is -0.143. The van der Waals surface area contributed by atoms with E-state index in [9.17, 15) is 28.8 Å². The van der Waals surface area contributed by atoms with Gasteiger partial charge in [0.15, 0.2) is 5.96 Å². The summed E-state index contributed by atoms with van der Waals surface area (Å²) >= 11 is 0. The summed E-state index contributed by atoms with van der Waals surface area (Å²) in [6.45, 7) is -0.856. The van der Waals surface area contributed by atoms with Crippen LogP contribution in [-0.4, -0.2) is 94.2 Å². The molecule has 17 heteroatoms. The first-order valence-corrected chi connectivity index (χ1v) is 10.3. The molecule has 0 spiro atoms. The van der Waals surface area contributed by atoms with Crippen LogP contribution in [0.3, 0.4) is 0 Å². The third kappa shape index (κ3) is 13.3. The first kappa shape index (κ1) is 31.0. The van der Waals surface area contributed by atoms with E-state index in [2.05, 4.69) is 20.9 Å². The van der Waals surface area contributed by atoms with Gasteiger partial charge in [0.1, 0.15) is 18.1 Å². The minimum atomic E-state index is -1.65. The number of primary amides is 1. The van der Waals surface area contributed by atoms with Crippen molar-refractivity contribution in [1.29, 1.82) is 0 Å². The monoisotopic (exact) mass is 504 g/mol. The number of carbonyl (C=O) groups is 6. The summed E-state index contributed by atoms with van der Waals surface area (Å²) in [5.41, 5.74) is 21.0. The SMILES string of the molecule is NC(=O)CCC(NC(=O)C(N)CC(=O)O)C(=O)NC(CCCN=C(N)N)C(=O)NC(CO)C(=O)O. The van der Waals surface area contributed by atoms with Crippen LogP contribution in [0.25, 0.3) is 0 Å². The van der Waals surface area contributed by atoms with Gasteiger partial charge in [-0.25, -0.2) is 4.79 Å². The summed E-state index contributed by atoms with van der Waals surface area (Å²) in [6.07, 6.45) is -1.30. The molecule has 17 nitrogen and oxygen atoms in total. The van der Waals surface area contributed by atoms with Gasteiger partial charge in [-0.2, -0.15) is 0 Å². The average Bonchev–Trinajstić information content (AvgIpc) is 2.75. The molecule has 0 aliphatic carbocycles. The summed E-state index contributed by atoms with van der Waals surface area (Å²) in [4.78, 5) is 74.4. The van der Waals surface area contributed by atoms with Crippen LogP contribution < -0.4 is 38.9 Å². The molecule has 4 atom stereocenters. The van der Waals surface area contributed by atoms with Gasteiger partial charge in [-0.15, -0.1) is 0 Å². The van der Waals surface area contributed by atoms with Crippen molar-refractivity contribution in [2.75, 3.05) is 13.2 Å². The number of carbonyl (C=O) groups excluding carboxylic acids is 4. The number of amides is 4. The van der Waals surface area contributed by atoms with Crippen molar-refractivity contribution in [3.05, 3.63) is 0 Å². The third-order valence-electron chi connectivity index (χ3n) is 4.42. The van der Waals surface area contributed by atoms with Gasteiger partial charge < -0.3 is 54.2 Å². The van der Waals surface area contributed by atoms with Crippen molar-refractivity contribution in [2.45, 2.75) is 56.3 Å². The van der Waals surface area contributed by atoms with Crippen molar-refractivity contribution >= 4 is 41.5 Å². The molecule has 0 aromatic carbocycles. The Labute approximate surface area is 199 Å². The fourth-order valence-electron chi connectivity index (χ4n) is 2.62. The highest BCUT2D eigenvalue weighted by Crippen LogP contribution is 2.05. The topological polar surface area (TPSA) is 316 Å². The molecule has 14 N–H and O–H groups in total. The summed E-state index contributed by atoms with van der Waals surface area (Å²) in [5, 5.41) is 33.5. The van der Waals surface area contributed by atoms with Crippen molar-refractivity contribution in [3.8, 4) is 0 Å². The standard InChI is InChI=1S/C18H32N8O9/c19-8(6-13(29)30)14(31)24-10(3-4-12(20)28)16(33)25-9(2-1-5-23-18(21)22)15(32)26-11(7-27)17(34)35/h8-11,27H,1-7,19H2,(H2,20,28)(H,24,31)(H,25,33)(H,26,32)(H,29,30)(H,34,35)(H4,21,22,23). The number of nitrogens with zero attached hydrogens (tertiary/aromatic N) is 1. The summed E-state index contributed by atoms with van der Waals surface area (Å²) < 4.78 is 0. The normalized spacial score (nSPS) is 13.9. The maximum Gasteiger partial charge on any atom is 0.328 e. The van der Waals surface area contributed by atoms with E-state index in [-0.39, 0.29) is 38.2 Å². The van der Waals surface area contributed by atoms with Crippen LogP contribution in [-0.2, 0) is 28.8 Å². The Kier molecular flexibility index (Phi) is 14.0. The number of hydrogen-bond acceptors (Lipinski definition) is 9. The number of rotatable bonds is 17. The Morgan fingerprint density at radius 3 is 1.77 bits per heavy atom. The number of nitrogens with two attached hydrogens (primary N) is 4. The molecule has 198 valence electrons. The van der Waals surface area contributed by atoms with Crippen molar-refractivity contribution in [2.24, 2.45) is 27.9 Å². The number of nitrogens with one attached hydrogen (secondary N) is 3. The minimum absolute atomic E-state index is 0.0657. The zero-order valence-corrected chi connectivity index (χ0v) is 18.8. The number of aliphatic carboxylic acids is 2. The molecule has 0 saturated carbocycles. The third-order valence-corrected chi connectivity index (χ3v) is 4.42. The molecule has 0 aliphatic heterocycles. The first-order chi connectivity index (χ1) is 16.3. The van der Waals surface area contributed by atoms with Crippen LogP contribution >= 0.6 is 0 Å². The van der Waals surface area contributed by atoms with Crippen LogP contribution in [0.1, 0.15) is 32.1 Å². The Morgan fingerprint density at radius 1 is 0.800 bits per heavy atom. The lowest BCUT2D eigenvalue weighted by Crippen LogP contribution is -2.57. The molecule has 0 radical (unpaired) electrons. The maximum atomic E-state index is 12.8. The smallest absolute Gasteiger partial charge is 0.328 e. The van der Waals surface area contributed by atoms with E-state index in [0.717, 1.165) is 0 Å². The predicted molar refractivity (Wildman–Crippen MR) is 119 cm³/mol. The Hall–Kier alpha value is -3.99. The van der Waals surface area contributed by atoms with E-state index in [4.69, 9.17) is 38.3 Å². The van der Waals surface area contributed by atoms with Crippen LogP contribution in [0.4, 0.5) is 0 Å². The molecule has 35 heavy (non-hydrogen) atoms. The van der Waals surface area contributed by atoms with Gasteiger partial charge in [-0.3, -0.25) is 29.0 Å². The number of aliphatic hydroxyl groups excluding tert-OH is 1. The highest BCUT2D eigenvalue weighted by Gasteiger charge is 2.30. The molecule has 0 bridgehead atoms. The van der Waals surface area contributed by atoms with Gasteiger partial charge in [0, 0.05) is 13.0 Å². The van der Waals surface area contributed by atoms with E-state index < -0.39 is 72.8 Å². The highest BCUT2D eigenvalue weighted by atomic mass is 16.4. The van der Waals surface area contributed by atoms with Crippen LogP contribution in [0.15, 0.2) is 4.99 Å². The van der Waals surface area contributed by atoms with E-state index in [0.29, 0.717) is 0 Å². The number of carboxylic acids is 2. The molecule has 0 saturated heterocycles. The molecule has 0 aromatic heterocycles. The van der Waals surface area contributed by atoms with Gasteiger partial charge in [0.05, 0.1) is 19.1 Å². The quantitative estimate of drug-likeness (QED) is 0.0504. The Balaban J connectivity index is 5.60. The van der Waals surface area contributed by atoms with Gasteiger partial charge >= 0.3 is 11.9 Å². The fraction of sp³-hybridized carbons (Fsp3) is 0.611. The van der Waals surface area contributed by atoms with Gasteiger partial charge in [0.25, 0.3) is 0 Å². The second-order valence-corrected chi connectivity index (χ2v) is 7.36.